The van der Waals surface area contributed by atoms with Crippen LogP contribution < -0.4 is 0 Å². The second-order valence-corrected chi connectivity index (χ2v) is 4.14. The van der Waals surface area contributed by atoms with Crippen molar-refractivity contribution in [3.63, 3.8) is 0 Å². The van der Waals surface area contributed by atoms with Gasteiger partial charge in [0.1, 0.15) is 0 Å². The van der Waals surface area contributed by atoms with Crippen LogP contribution in [-0.2, 0) is 11.2 Å². The first-order valence-electron chi connectivity index (χ1n) is 5.18. The van der Waals surface area contributed by atoms with E-state index in [0.717, 1.165) is 12.5 Å². The number of carbonyl (C=O) groups is 1. The van der Waals surface area contributed by atoms with Crippen molar-refractivity contribution in [2.75, 3.05) is 0 Å². The smallest absolute Gasteiger partial charge is 0.364 e. The van der Waals surface area contributed by atoms with Gasteiger partial charge in [0.25, 0.3) is 0 Å². The van der Waals surface area contributed by atoms with Crippen molar-refractivity contribution in [2.45, 2.75) is 20.3 Å². The van der Waals surface area contributed by atoms with Gasteiger partial charge in [-0.05, 0) is 29.5 Å². The largest absolute Gasteiger partial charge is 0.476 e. The molecule has 86 valence electrons. The van der Waals surface area contributed by atoms with E-state index in [0.29, 0.717) is 11.5 Å². The fraction of sp³-hybridized carbons (Fsp3) is 0.308. The lowest BCUT2D eigenvalue weighted by Crippen LogP contribution is -1.95. The lowest BCUT2D eigenvalue weighted by Gasteiger charge is -2.04. The Labute approximate surface area is 94.4 Å². The van der Waals surface area contributed by atoms with E-state index in [4.69, 9.17) is 5.11 Å². The Bertz CT molecular complexity index is 391. The highest BCUT2D eigenvalue weighted by molar-refractivity contribution is 5.89. The van der Waals surface area contributed by atoms with Crippen molar-refractivity contribution >= 4 is 12.0 Å². The molecule has 0 spiro atoms. The van der Waals surface area contributed by atoms with Crippen LogP contribution in [0.4, 0.5) is 4.39 Å². The quantitative estimate of drug-likeness (QED) is 0.794. The van der Waals surface area contributed by atoms with Gasteiger partial charge in [0, 0.05) is 0 Å². The first-order valence-corrected chi connectivity index (χ1v) is 5.18. The number of hydrogen-bond donors (Lipinski definition) is 1. The molecule has 0 radical (unpaired) electrons. The van der Waals surface area contributed by atoms with Gasteiger partial charge >= 0.3 is 5.97 Å². The van der Waals surface area contributed by atoms with Crippen LogP contribution >= 0.6 is 0 Å². The minimum Gasteiger partial charge on any atom is -0.476 e. The third-order valence-electron chi connectivity index (χ3n) is 2.12. The highest BCUT2D eigenvalue weighted by atomic mass is 19.1. The number of aliphatic carboxylic acids is 1. The number of carboxylic acids is 1. The molecule has 1 aromatic rings. The maximum Gasteiger partial charge on any atom is 0.364 e. The molecule has 3 heteroatoms. The summed E-state index contributed by atoms with van der Waals surface area (Å²) < 4.78 is 12.8. The minimum atomic E-state index is -1.54. The SMILES string of the molecule is CC(C)Cc1ccc(C=C(F)C(=O)O)cc1. The second-order valence-electron chi connectivity index (χ2n) is 4.14. The fourth-order valence-electron chi connectivity index (χ4n) is 1.43. The molecule has 0 unspecified atom stereocenters. The molecule has 2 nitrogen and oxygen atoms in total. The minimum absolute atomic E-state index is 0.562. The van der Waals surface area contributed by atoms with E-state index in [1.165, 1.54) is 5.56 Å². The van der Waals surface area contributed by atoms with Crippen LogP contribution in [0.15, 0.2) is 30.1 Å². The van der Waals surface area contributed by atoms with Gasteiger partial charge in [0.15, 0.2) is 0 Å². The topological polar surface area (TPSA) is 37.3 Å². The molecule has 0 bridgehead atoms. The summed E-state index contributed by atoms with van der Waals surface area (Å²) in [7, 11) is 0. The summed E-state index contributed by atoms with van der Waals surface area (Å²) in [5.74, 6) is -2.11. The molecule has 0 heterocycles. The van der Waals surface area contributed by atoms with Gasteiger partial charge in [-0.3, -0.25) is 0 Å². The molecule has 0 atom stereocenters. The zero-order valence-corrected chi connectivity index (χ0v) is 9.40. The van der Waals surface area contributed by atoms with Crippen LogP contribution in [0.1, 0.15) is 25.0 Å². The summed E-state index contributed by atoms with van der Waals surface area (Å²) in [5, 5.41) is 8.37. The predicted octanol–water partition coefficient (Wildman–Crippen LogP) is 3.28. The Morgan fingerprint density at radius 3 is 2.38 bits per heavy atom. The molecule has 1 aromatic carbocycles. The van der Waals surface area contributed by atoms with Gasteiger partial charge in [0.05, 0.1) is 0 Å². The van der Waals surface area contributed by atoms with Crippen molar-refractivity contribution < 1.29 is 14.3 Å². The Morgan fingerprint density at radius 1 is 1.38 bits per heavy atom. The zero-order chi connectivity index (χ0) is 12.1. The Kier molecular flexibility index (Phi) is 4.23. The number of carboxylic acid groups (broad SMARTS) is 1. The van der Waals surface area contributed by atoms with E-state index < -0.39 is 11.8 Å². The van der Waals surface area contributed by atoms with Crippen molar-refractivity contribution in [3.8, 4) is 0 Å². The molecule has 0 amide bonds. The molecule has 1 rings (SSSR count). The van der Waals surface area contributed by atoms with Gasteiger partial charge in [0.2, 0.25) is 5.83 Å². The third-order valence-corrected chi connectivity index (χ3v) is 2.12. The molecule has 0 aliphatic carbocycles. The highest BCUT2D eigenvalue weighted by Gasteiger charge is 2.04. The van der Waals surface area contributed by atoms with Crippen LogP contribution in [0, 0.1) is 5.92 Å². The molecule has 0 saturated carbocycles. The maximum absolute atomic E-state index is 12.8. The predicted molar refractivity (Wildman–Crippen MR) is 61.7 cm³/mol. The van der Waals surface area contributed by atoms with E-state index in [9.17, 15) is 9.18 Å². The van der Waals surface area contributed by atoms with Crippen molar-refractivity contribution in [3.05, 3.63) is 41.2 Å². The molecular formula is C13H15FO2. The second kappa shape index (κ2) is 5.45. The number of hydrogen-bond acceptors (Lipinski definition) is 1. The van der Waals surface area contributed by atoms with Crippen LogP contribution in [-0.4, -0.2) is 11.1 Å². The summed E-state index contributed by atoms with van der Waals surface area (Å²) >= 11 is 0. The van der Waals surface area contributed by atoms with Gasteiger partial charge in [-0.2, -0.15) is 4.39 Å². The normalized spacial score (nSPS) is 11.9. The highest BCUT2D eigenvalue weighted by Crippen LogP contribution is 2.12. The van der Waals surface area contributed by atoms with Crippen molar-refractivity contribution in [2.24, 2.45) is 5.92 Å². The Morgan fingerprint density at radius 2 is 1.94 bits per heavy atom. The summed E-state index contributed by atoms with van der Waals surface area (Å²) in [6, 6.07) is 7.22. The van der Waals surface area contributed by atoms with Crippen LogP contribution in [0.3, 0.4) is 0 Å². The molecule has 0 aliphatic rings. The van der Waals surface area contributed by atoms with Gasteiger partial charge < -0.3 is 5.11 Å². The van der Waals surface area contributed by atoms with E-state index in [2.05, 4.69) is 13.8 Å². The van der Waals surface area contributed by atoms with Crippen molar-refractivity contribution in [1.82, 2.24) is 0 Å². The molecule has 0 saturated heterocycles. The molecular weight excluding hydrogens is 207 g/mol. The number of rotatable bonds is 4. The monoisotopic (exact) mass is 222 g/mol. The molecule has 0 fully saturated rings. The molecule has 16 heavy (non-hydrogen) atoms. The first kappa shape index (κ1) is 12.4. The maximum atomic E-state index is 12.8. The first-order chi connectivity index (χ1) is 7.49. The summed E-state index contributed by atoms with van der Waals surface area (Å²) in [4.78, 5) is 10.3. The number of benzene rings is 1. The van der Waals surface area contributed by atoms with E-state index in [1.807, 2.05) is 12.1 Å². The summed E-state index contributed by atoms with van der Waals surface area (Å²) in [6.45, 7) is 4.25. The standard InChI is InChI=1S/C13H15FO2/c1-9(2)7-10-3-5-11(6-4-10)8-12(14)13(15)16/h3-6,8-9H,7H2,1-2H3,(H,15,16). The van der Waals surface area contributed by atoms with Crippen molar-refractivity contribution in [1.29, 1.82) is 0 Å². The molecule has 0 aliphatic heterocycles. The molecule has 0 aromatic heterocycles. The van der Waals surface area contributed by atoms with Gasteiger partial charge in [-0.1, -0.05) is 38.1 Å². The average Bonchev–Trinajstić information content (AvgIpc) is 2.20. The van der Waals surface area contributed by atoms with Crippen LogP contribution in [0.2, 0.25) is 0 Å². The Hall–Kier alpha value is -1.64. The van der Waals surface area contributed by atoms with E-state index in [1.54, 1.807) is 12.1 Å². The van der Waals surface area contributed by atoms with E-state index >= 15 is 0 Å². The average molecular weight is 222 g/mol. The lowest BCUT2D eigenvalue weighted by molar-refractivity contribution is -0.134. The summed E-state index contributed by atoms with van der Waals surface area (Å²) in [6.07, 6.45) is 1.98. The Balaban J connectivity index is 2.79. The lowest BCUT2D eigenvalue weighted by atomic mass is 10.0. The van der Waals surface area contributed by atoms with Gasteiger partial charge in [-0.15, -0.1) is 0 Å². The van der Waals surface area contributed by atoms with Crippen LogP contribution in [0.5, 0.6) is 0 Å². The fourth-order valence-corrected chi connectivity index (χ4v) is 1.43. The summed E-state index contributed by atoms with van der Waals surface area (Å²) in [5.41, 5.74) is 1.73. The van der Waals surface area contributed by atoms with E-state index in [-0.39, 0.29) is 0 Å². The van der Waals surface area contributed by atoms with Gasteiger partial charge in [-0.25, -0.2) is 4.79 Å². The zero-order valence-electron chi connectivity index (χ0n) is 9.40. The number of halogens is 1. The van der Waals surface area contributed by atoms with Crippen LogP contribution in [0.25, 0.3) is 6.08 Å². The molecule has 1 N–H and O–H groups in total. The third kappa shape index (κ3) is 3.85.